The lowest BCUT2D eigenvalue weighted by Gasteiger charge is -2.13. The number of fused-ring (bicyclic) bond motifs is 12. The zero-order valence-corrected chi connectivity index (χ0v) is 78.3. The van der Waals surface area contributed by atoms with Crippen molar-refractivity contribution >= 4 is 152 Å². The number of H-pyrrole nitrogens is 4. The zero-order valence-electron chi connectivity index (χ0n) is 74.3. The second-order valence-corrected chi connectivity index (χ2v) is 40.3. The Labute approximate surface area is 804 Å². The molecule has 1 aliphatic rings. The Morgan fingerprint density at radius 3 is 1.21 bits per heavy atom. The maximum atomic E-state index is 15.6. The van der Waals surface area contributed by atoms with Crippen molar-refractivity contribution in [1.82, 2.24) is 57.1 Å². The second-order valence-electron chi connectivity index (χ2n) is 32.8. The standard InChI is InChI=1S/C25H21F2N3O5S.C24H17ClFN3O5S.2C24H16F3N3O5S/c1-13-12-35-23-16(13)6-8-19-21(23)20(17-4-3-9-28-24(17)31)22(25(32)29-36(2,33)34)30(19)11-14-10-15(26)5-7-18(14)27;1-35(32,33)28-24(31)21-19(15-6-4-10-27-23(15)30)20-18(9-8-14-16(25)12-34-22(14)20)29(21)11-13-5-2-3-7-17(13)26;1-36(33,34)29-24(32)21-19(15-3-2-7-28-23(15)31)20-18(10-17(27)14-6-8-35-22(14)20)30(21)11-12-9-13(25)4-5-16(12)26;1-36(33,34)29-24(32)21-18(15-3-2-7-28-23(15)31)19-20(17(27)10-12-6-8-35-22(12)19)30(21)11-13-9-14(25)4-5-16(13)26/h3-10,13H,11-12H2,1-2H3,(H,28,31)(H,29,32);2-10,12H,11H2,1H3,(H,27,30)(H,28,31);2*2-10H,11H2,1H3,(H,28,31)(H,29,32)/t13-;;;/m1.../s1. The van der Waals surface area contributed by atoms with Crippen LogP contribution in [0.15, 0.2) is 252 Å². The summed E-state index contributed by atoms with van der Waals surface area (Å²) >= 11 is 6.27. The SMILES string of the molecule is CS(=O)(=O)NC(=O)c1c(-c2ccc[nH]c2=O)c2c3occ(Cl)c3ccc2n1Cc1ccccc1F.CS(=O)(=O)NC(=O)c1c(-c2ccc[nH]c2=O)c2c3occc3c(F)cc2n1Cc1cc(F)ccc1F.CS(=O)(=O)NC(=O)c1c(-c2ccc[nH]c2=O)c2c3occc3cc(F)c2n1Cc1cc(F)ccc1F.C[C@@H]1COc2c1ccc1c2c(-c2ccc[nH]c2=O)c(C(=O)NS(C)(=O)=O)n1Cc1cc(F)ccc1F. The summed E-state index contributed by atoms with van der Waals surface area (Å²) in [6.45, 7) is 0.826. The number of carbonyl (C=O) groups excluding carboxylic acids is 4. The van der Waals surface area contributed by atoms with Crippen LogP contribution in [-0.2, 0) is 66.3 Å². The molecule has 32 nitrogen and oxygen atoms in total. The van der Waals surface area contributed by atoms with Crippen LogP contribution in [-0.4, -0.2) is 127 Å². The number of sulfonamides is 4. The lowest BCUT2D eigenvalue weighted by Crippen LogP contribution is -2.32. The van der Waals surface area contributed by atoms with Gasteiger partial charge in [0.1, 0.15) is 104 Å². The molecule has 4 amide bonds. The van der Waals surface area contributed by atoms with Crippen LogP contribution >= 0.6 is 11.6 Å². The number of nitrogens with zero attached hydrogens (tertiary/aromatic N) is 4. The van der Waals surface area contributed by atoms with Gasteiger partial charge >= 0.3 is 0 Å². The van der Waals surface area contributed by atoms with Gasteiger partial charge in [0.2, 0.25) is 40.1 Å². The molecule has 0 aliphatic carbocycles. The van der Waals surface area contributed by atoms with Gasteiger partial charge in [-0.05, 0) is 152 Å². The van der Waals surface area contributed by atoms with Crippen LogP contribution in [0.4, 0.5) is 39.5 Å². The number of hydrogen-bond donors (Lipinski definition) is 8. The van der Waals surface area contributed by atoms with Gasteiger partial charge in [0.05, 0.1) is 147 Å². The molecular formula is C97H70ClF9N12O20S4. The van der Waals surface area contributed by atoms with Crippen molar-refractivity contribution < 1.29 is 110 Å². The molecule has 0 saturated carbocycles. The van der Waals surface area contributed by atoms with Gasteiger partial charge in [-0.2, -0.15) is 0 Å². The van der Waals surface area contributed by atoms with E-state index in [0.29, 0.717) is 55.5 Å². The molecule has 11 aromatic heterocycles. The van der Waals surface area contributed by atoms with Gasteiger partial charge in [0, 0.05) is 91.5 Å². The minimum absolute atomic E-state index is 0.00415. The minimum Gasteiger partial charge on any atom is -0.492 e. The third kappa shape index (κ3) is 19.5. The number of aromatic amines is 4. The van der Waals surface area contributed by atoms with Gasteiger partial charge in [-0.3, -0.25) is 38.4 Å². The Hall–Kier alpha value is -16.5. The molecular weight excluding hydrogens is 1990 g/mol. The van der Waals surface area contributed by atoms with Crippen LogP contribution in [0, 0.1) is 52.4 Å². The van der Waals surface area contributed by atoms with Crippen LogP contribution in [0.25, 0.3) is 121 Å². The summed E-state index contributed by atoms with van der Waals surface area (Å²) in [5, 5.41) is 2.07. The molecule has 19 aromatic rings. The third-order valence-corrected chi connectivity index (χ3v) is 25.5. The molecule has 46 heteroatoms. The number of halogens is 10. The fourth-order valence-corrected chi connectivity index (χ4v) is 19.2. The average Bonchev–Trinajstić information content (AvgIpc) is 1.58. The number of nitrogens with one attached hydrogen (secondary N) is 8. The normalized spacial score (nSPS) is 12.7. The van der Waals surface area contributed by atoms with E-state index in [9.17, 15) is 103 Å². The summed E-state index contributed by atoms with van der Waals surface area (Å²) in [6, 6.07) is 38.0. The number of rotatable bonds is 20. The van der Waals surface area contributed by atoms with Gasteiger partial charge in [0.15, 0.2) is 0 Å². The summed E-state index contributed by atoms with van der Waals surface area (Å²) in [4.78, 5) is 115. The first-order valence-electron chi connectivity index (χ1n) is 42.1. The number of amides is 4. The highest BCUT2D eigenvalue weighted by Crippen LogP contribution is 2.49. The molecule has 8 aromatic carbocycles. The Kier molecular flexibility index (Phi) is 26.2. The predicted octanol–water partition coefficient (Wildman–Crippen LogP) is 15.6. The first-order chi connectivity index (χ1) is 67.8. The summed E-state index contributed by atoms with van der Waals surface area (Å²) in [5.74, 6) is -10.6. The highest BCUT2D eigenvalue weighted by atomic mass is 35.5. The van der Waals surface area contributed by atoms with Crippen LogP contribution in [0.1, 0.15) is 82.6 Å². The Balaban J connectivity index is 0.000000131. The maximum Gasteiger partial charge on any atom is 0.282 e. The van der Waals surface area contributed by atoms with E-state index in [1.807, 2.05) is 31.9 Å². The molecule has 8 N–H and O–H groups in total. The molecule has 20 rings (SSSR count). The molecule has 0 spiro atoms. The first-order valence-corrected chi connectivity index (χ1v) is 50.1. The van der Waals surface area contributed by atoms with Crippen molar-refractivity contribution in [2.45, 2.75) is 39.0 Å². The maximum absolute atomic E-state index is 15.6. The van der Waals surface area contributed by atoms with Crippen molar-refractivity contribution in [2.75, 3.05) is 31.6 Å². The Morgan fingerprint density at radius 2 is 0.755 bits per heavy atom. The minimum atomic E-state index is -4.11. The number of hydrogen-bond acceptors (Lipinski definition) is 20. The van der Waals surface area contributed by atoms with E-state index in [0.717, 1.165) is 106 Å². The highest BCUT2D eigenvalue weighted by Gasteiger charge is 2.38. The topological polar surface area (TPSA) is 453 Å². The van der Waals surface area contributed by atoms with E-state index >= 15 is 8.78 Å². The molecule has 1 atom stereocenters. The van der Waals surface area contributed by atoms with E-state index in [-0.39, 0.29) is 141 Å². The van der Waals surface area contributed by atoms with Crippen LogP contribution in [0.5, 0.6) is 5.75 Å². The van der Waals surface area contributed by atoms with E-state index in [1.165, 1.54) is 113 Å². The molecule has 1 aliphatic heterocycles. The third-order valence-electron chi connectivity index (χ3n) is 23.0. The van der Waals surface area contributed by atoms with Crippen LogP contribution in [0.3, 0.4) is 0 Å². The summed E-state index contributed by atoms with van der Waals surface area (Å²) in [5.41, 5.74) is -1.89. The Morgan fingerprint density at radius 1 is 0.378 bits per heavy atom. The van der Waals surface area contributed by atoms with Crippen molar-refractivity contribution in [3.63, 3.8) is 0 Å². The molecule has 0 radical (unpaired) electrons. The van der Waals surface area contributed by atoms with Crippen molar-refractivity contribution in [1.29, 1.82) is 0 Å². The second kappa shape index (κ2) is 38.2. The van der Waals surface area contributed by atoms with Crippen molar-refractivity contribution in [3.05, 3.63) is 369 Å². The lowest BCUT2D eigenvalue weighted by molar-refractivity contribution is 0.0965. The van der Waals surface area contributed by atoms with E-state index < -0.39 is 157 Å². The van der Waals surface area contributed by atoms with Crippen molar-refractivity contribution in [2.24, 2.45) is 0 Å². The molecule has 0 unspecified atom stereocenters. The largest absolute Gasteiger partial charge is 0.492 e. The van der Waals surface area contributed by atoms with Crippen LogP contribution in [0.2, 0.25) is 5.02 Å². The number of aromatic nitrogens is 8. The summed E-state index contributed by atoms with van der Waals surface area (Å²) < 4.78 is 262. The van der Waals surface area contributed by atoms with Gasteiger partial charge < -0.3 is 56.2 Å². The average molecular weight is 2060 g/mol. The van der Waals surface area contributed by atoms with Gasteiger partial charge in [0.25, 0.3) is 45.9 Å². The van der Waals surface area contributed by atoms with Crippen LogP contribution < -0.4 is 45.9 Å². The monoisotopic (exact) mass is 2060 g/mol. The van der Waals surface area contributed by atoms with E-state index in [4.69, 9.17) is 29.6 Å². The molecule has 0 saturated heterocycles. The highest BCUT2D eigenvalue weighted by molar-refractivity contribution is 7.90. The molecule has 12 heterocycles. The number of ether oxygens (including phenoxy) is 1. The fraction of sp³-hybridized carbons (Fsp3) is 0.113. The number of benzene rings is 8. The molecule has 143 heavy (non-hydrogen) atoms. The fourth-order valence-electron chi connectivity index (χ4n) is 17.3. The number of pyridine rings is 4. The van der Waals surface area contributed by atoms with Crippen molar-refractivity contribution in [3.8, 4) is 50.3 Å². The summed E-state index contributed by atoms with van der Waals surface area (Å²) in [6.07, 6.45) is 12.5. The quantitative estimate of drug-likeness (QED) is 0.0329. The predicted molar refractivity (Wildman–Crippen MR) is 511 cm³/mol. The van der Waals surface area contributed by atoms with Gasteiger partial charge in [-0.25, -0.2) is 92.1 Å². The molecule has 0 fully saturated rings. The van der Waals surface area contributed by atoms with E-state index in [1.54, 1.807) is 42.5 Å². The molecule has 732 valence electrons. The molecule has 0 bridgehead atoms. The number of furan rings is 3. The van der Waals surface area contributed by atoms with Gasteiger partial charge in [-0.15, -0.1) is 0 Å². The van der Waals surface area contributed by atoms with E-state index in [2.05, 4.69) is 19.9 Å². The number of carbonyl (C=O) groups is 4. The smallest absolute Gasteiger partial charge is 0.282 e. The lowest BCUT2D eigenvalue weighted by atomic mass is 9.97. The Bertz CT molecular complexity index is 9350. The van der Waals surface area contributed by atoms with Gasteiger partial charge in [-0.1, -0.05) is 42.8 Å². The summed E-state index contributed by atoms with van der Waals surface area (Å²) in [7, 11) is -16.2. The zero-order chi connectivity index (χ0) is 102. The first kappa shape index (κ1) is 98.1.